The van der Waals surface area contributed by atoms with Crippen LogP contribution in [-0.4, -0.2) is 14.6 Å². The van der Waals surface area contributed by atoms with Gasteiger partial charge in [0.2, 0.25) is 0 Å². The molecule has 0 unspecified atom stereocenters. The van der Waals surface area contributed by atoms with Gasteiger partial charge in [0.15, 0.2) is 0 Å². The molecule has 0 fully saturated rings. The molecule has 0 aliphatic rings. The number of hydrogen-bond acceptors (Lipinski definition) is 3. The van der Waals surface area contributed by atoms with E-state index in [-0.39, 0.29) is 4.90 Å². The predicted molar refractivity (Wildman–Crippen MR) is 77.1 cm³/mol. The maximum atomic E-state index is 12.0. The summed E-state index contributed by atoms with van der Waals surface area (Å²) in [5.74, 6) is 0. The van der Waals surface area contributed by atoms with E-state index < -0.39 is 10.0 Å². The fourth-order valence-corrected chi connectivity index (χ4v) is 2.41. The Balaban J connectivity index is 2.25. The first kappa shape index (κ1) is 14.0. The van der Waals surface area contributed by atoms with Crippen LogP contribution in [0.3, 0.4) is 0 Å². The third kappa shape index (κ3) is 3.31. The topological polar surface area (TPSA) is 70.3 Å². The van der Waals surface area contributed by atoms with Gasteiger partial charge in [0, 0.05) is 6.21 Å². The lowest BCUT2D eigenvalue weighted by Gasteiger charge is -1.99. The number of nitriles is 1. The van der Waals surface area contributed by atoms with E-state index in [1.807, 2.05) is 13.0 Å². The molecule has 2 aromatic rings. The lowest BCUT2D eigenvalue weighted by Crippen LogP contribution is -1.97. The zero-order chi connectivity index (χ0) is 14.6. The molecular weight excluding hydrogens is 272 g/mol. The van der Waals surface area contributed by atoms with Crippen LogP contribution in [0.2, 0.25) is 0 Å². The predicted octanol–water partition coefficient (Wildman–Crippen LogP) is 2.67. The quantitative estimate of drug-likeness (QED) is 0.813. The maximum Gasteiger partial charge on any atom is 0.282 e. The van der Waals surface area contributed by atoms with E-state index >= 15 is 0 Å². The molecule has 0 atom stereocenters. The van der Waals surface area contributed by atoms with Gasteiger partial charge in [0.25, 0.3) is 10.0 Å². The molecule has 0 aromatic heterocycles. The smallest absolute Gasteiger partial charge is 0.199 e. The monoisotopic (exact) mass is 284 g/mol. The lowest BCUT2D eigenvalue weighted by molar-refractivity contribution is 0.598. The maximum absolute atomic E-state index is 12.0. The van der Waals surface area contributed by atoms with E-state index in [0.717, 1.165) is 5.56 Å². The Kier molecular flexibility index (Phi) is 3.97. The van der Waals surface area contributed by atoms with Crippen molar-refractivity contribution in [3.8, 4) is 6.07 Å². The molecule has 0 spiro atoms. The highest BCUT2D eigenvalue weighted by Crippen LogP contribution is 2.13. The molecule has 0 bridgehead atoms. The minimum absolute atomic E-state index is 0.160. The Morgan fingerprint density at radius 1 is 1.05 bits per heavy atom. The van der Waals surface area contributed by atoms with Gasteiger partial charge in [-0.25, -0.2) is 0 Å². The Hall–Kier alpha value is -2.45. The number of rotatable bonds is 3. The van der Waals surface area contributed by atoms with Crippen LogP contribution in [0.15, 0.2) is 57.8 Å². The first-order valence-corrected chi connectivity index (χ1v) is 7.32. The molecule has 0 N–H and O–H groups in total. The van der Waals surface area contributed by atoms with Gasteiger partial charge in [0.1, 0.15) is 0 Å². The highest BCUT2D eigenvalue weighted by atomic mass is 32.2. The normalized spacial score (nSPS) is 11.4. The highest BCUT2D eigenvalue weighted by molar-refractivity contribution is 7.90. The van der Waals surface area contributed by atoms with Crippen molar-refractivity contribution in [2.24, 2.45) is 4.40 Å². The average Bonchev–Trinajstić information content (AvgIpc) is 2.46. The van der Waals surface area contributed by atoms with Crippen LogP contribution in [0, 0.1) is 18.3 Å². The van der Waals surface area contributed by atoms with Crippen LogP contribution in [0.1, 0.15) is 16.7 Å². The number of benzene rings is 2. The van der Waals surface area contributed by atoms with Gasteiger partial charge < -0.3 is 0 Å². The largest absolute Gasteiger partial charge is 0.282 e. The van der Waals surface area contributed by atoms with Gasteiger partial charge in [0.05, 0.1) is 16.5 Å². The second-order valence-corrected chi connectivity index (χ2v) is 5.89. The van der Waals surface area contributed by atoms with E-state index in [1.54, 1.807) is 36.4 Å². The first-order valence-electron chi connectivity index (χ1n) is 5.88. The fourth-order valence-electron chi connectivity index (χ4n) is 1.55. The molecule has 0 amide bonds. The molecule has 5 heteroatoms. The zero-order valence-corrected chi connectivity index (χ0v) is 11.6. The van der Waals surface area contributed by atoms with Gasteiger partial charge in [-0.2, -0.15) is 18.1 Å². The molecule has 0 saturated carbocycles. The number of sulfonamides is 1. The van der Waals surface area contributed by atoms with E-state index in [1.165, 1.54) is 18.3 Å². The van der Waals surface area contributed by atoms with Crippen molar-refractivity contribution in [3.05, 3.63) is 65.2 Å². The SMILES string of the molecule is Cc1ccc(S(=O)(=O)/N=C\c2ccc(C#N)cc2)cc1. The number of hydrogen-bond donors (Lipinski definition) is 0. The average molecular weight is 284 g/mol. The summed E-state index contributed by atoms with van der Waals surface area (Å²) < 4.78 is 27.6. The summed E-state index contributed by atoms with van der Waals surface area (Å²) >= 11 is 0. The molecule has 4 nitrogen and oxygen atoms in total. The summed E-state index contributed by atoms with van der Waals surface area (Å²) in [7, 11) is -3.69. The van der Waals surface area contributed by atoms with Crippen LogP contribution in [0.4, 0.5) is 0 Å². The molecule has 0 radical (unpaired) electrons. The Morgan fingerprint density at radius 2 is 1.65 bits per heavy atom. The number of aryl methyl sites for hydroxylation is 1. The molecular formula is C15H12N2O2S. The second kappa shape index (κ2) is 5.68. The fraction of sp³-hybridized carbons (Fsp3) is 0.0667. The summed E-state index contributed by atoms with van der Waals surface area (Å²) in [6.45, 7) is 1.89. The van der Waals surface area contributed by atoms with E-state index in [9.17, 15) is 8.42 Å². The van der Waals surface area contributed by atoms with Crippen LogP contribution in [-0.2, 0) is 10.0 Å². The Labute approximate surface area is 118 Å². The van der Waals surface area contributed by atoms with E-state index in [2.05, 4.69) is 4.40 Å². The highest BCUT2D eigenvalue weighted by Gasteiger charge is 2.10. The van der Waals surface area contributed by atoms with Crippen LogP contribution < -0.4 is 0 Å². The van der Waals surface area contributed by atoms with Crippen molar-refractivity contribution in [3.63, 3.8) is 0 Å². The van der Waals surface area contributed by atoms with E-state index in [4.69, 9.17) is 5.26 Å². The molecule has 0 heterocycles. The van der Waals surface area contributed by atoms with Gasteiger partial charge in [-0.05, 0) is 36.8 Å². The van der Waals surface area contributed by atoms with Crippen molar-refractivity contribution >= 4 is 16.2 Å². The van der Waals surface area contributed by atoms with Crippen molar-refractivity contribution in [2.45, 2.75) is 11.8 Å². The van der Waals surface area contributed by atoms with Crippen molar-refractivity contribution < 1.29 is 8.42 Å². The minimum Gasteiger partial charge on any atom is -0.199 e. The van der Waals surface area contributed by atoms with Gasteiger partial charge >= 0.3 is 0 Å². The minimum atomic E-state index is -3.69. The van der Waals surface area contributed by atoms with E-state index in [0.29, 0.717) is 11.1 Å². The Morgan fingerprint density at radius 3 is 2.20 bits per heavy atom. The second-order valence-electron chi connectivity index (χ2n) is 4.26. The molecule has 100 valence electrons. The summed E-state index contributed by atoms with van der Waals surface area (Å²) in [5.41, 5.74) is 2.13. The van der Waals surface area contributed by atoms with Crippen LogP contribution in [0.25, 0.3) is 0 Å². The molecule has 2 rings (SSSR count). The van der Waals surface area contributed by atoms with Crippen LogP contribution in [0.5, 0.6) is 0 Å². The lowest BCUT2D eigenvalue weighted by atomic mass is 10.2. The third-order valence-electron chi connectivity index (χ3n) is 2.70. The first-order chi connectivity index (χ1) is 9.51. The number of nitrogens with zero attached hydrogens (tertiary/aromatic N) is 2. The van der Waals surface area contributed by atoms with Crippen molar-refractivity contribution in [1.82, 2.24) is 0 Å². The molecule has 0 aliphatic carbocycles. The van der Waals surface area contributed by atoms with Gasteiger partial charge in [-0.3, -0.25) is 0 Å². The molecule has 2 aromatic carbocycles. The molecule has 20 heavy (non-hydrogen) atoms. The molecule has 0 aliphatic heterocycles. The summed E-state index contributed by atoms with van der Waals surface area (Å²) in [6.07, 6.45) is 1.27. The third-order valence-corrected chi connectivity index (χ3v) is 3.95. The van der Waals surface area contributed by atoms with Gasteiger partial charge in [-0.15, -0.1) is 0 Å². The Bertz CT molecular complexity index is 768. The zero-order valence-electron chi connectivity index (χ0n) is 10.8. The summed E-state index contributed by atoms with van der Waals surface area (Å²) in [5, 5.41) is 8.68. The van der Waals surface area contributed by atoms with Gasteiger partial charge in [-0.1, -0.05) is 29.8 Å². The standard InChI is InChI=1S/C15H12N2O2S/c1-12-2-8-15(9-3-12)20(18,19)17-11-14-6-4-13(10-16)5-7-14/h2-9,11H,1H3/b17-11-. The van der Waals surface area contributed by atoms with Crippen molar-refractivity contribution in [2.75, 3.05) is 0 Å². The summed E-state index contributed by atoms with van der Waals surface area (Å²) in [4.78, 5) is 0.160. The summed E-state index contributed by atoms with van der Waals surface area (Å²) in [6, 6.07) is 15.0. The molecule has 0 saturated heterocycles. The van der Waals surface area contributed by atoms with Crippen molar-refractivity contribution in [1.29, 1.82) is 5.26 Å². The van der Waals surface area contributed by atoms with Crippen LogP contribution >= 0.6 is 0 Å².